The Balaban J connectivity index is 1.50. The molecule has 0 saturated carbocycles. The van der Waals surface area contributed by atoms with Crippen molar-refractivity contribution in [2.45, 2.75) is 13.5 Å². The van der Waals surface area contributed by atoms with Gasteiger partial charge in [0.1, 0.15) is 5.58 Å². The number of carbonyl (C=O) groups excluding carboxylic acids is 2. The molecule has 24 heavy (non-hydrogen) atoms. The van der Waals surface area contributed by atoms with E-state index in [1.807, 2.05) is 49.4 Å². The molecule has 0 fully saturated rings. The van der Waals surface area contributed by atoms with Gasteiger partial charge in [0.25, 0.3) is 5.91 Å². The number of hydrogen-bond donors (Lipinski definition) is 1. The van der Waals surface area contributed by atoms with Gasteiger partial charge >= 0.3 is 5.97 Å². The third-order valence-corrected chi connectivity index (χ3v) is 3.57. The fourth-order valence-corrected chi connectivity index (χ4v) is 2.24. The molecule has 3 rings (SSSR count). The van der Waals surface area contributed by atoms with Crippen molar-refractivity contribution in [1.82, 2.24) is 5.32 Å². The molecular weight excluding hydrogens is 306 g/mol. The first kappa shape index (κ1) is 15.8. The first-order chi connectivity index (χ1) is 11.6. The van der Waals surface area contributed by atoms with Crippen LogP contribution in [0.4, 0.5) is 0 Å². The van der Waals surface area contributed by atoms with Crippen LogP contribution in [0.25, 0.3) is 11.0 Å². The number of ether oxygens (including phenoxy) is 1. The Morgan fingerprint density at radius 3 is 2.58 bits per heavy atom. The Morgan fingerprint density at radius 2 is 1.83 bits per heavy atom. The molecule has 0 unspecified atom stereocenters. The molecule has 122 valence electrons. The maximum atomic E-state index is 11.9. The van der Waals surface area contributed by atoms with Gasteiger partial charge in [-0.2, -0.15) is 0 Å². The van der Waals surface area contributed by atoms with E-state index in [9.17, 15) is 9.59 Å². The van der Waals surface area contributed by atoms with E-state index in [1.165, 1.54) is 0 Å². The van der Waals surface area contributed by atoms with Gasteiger partial charge in [-0.05, 0) is 24.6 Å². The van der Waals surface area contributed by atoms with Crippen molar-refractivity contribution in [2.24, 2.45) is 0 Å². The van der Waals surface area contributed by atoms with Crippen LogP contribution in [0.5, 0.6) is 0 Å². The zero-order valence-corrected chi connectivity index (χ0v) is 13.2. The van der Waals surface area contributed by atoms with E-state index >= 15 is 0 Å². The van der Waals surface area contributed by atoms with Crippen molar-refractivity contribution < 1.29 is 18.7 Å². The number of carbonyl (C=O) groups is 2. The first-order valence-corrected chi connectivity index (χ1v) is 7.60. The molecule has 1 aromatic heterocycles. The van der Waals surface area contributed by atoms with Crippen LogP contribution in [-0.2, 0) is 16.1 Å². The van der Waals surface area contributed by atoms with E-state index in [0.29, 0.717) is 12.1 Å². The lowest BCUT2D eigenvalue weighted by Crippen LogP contribution is -2.28. The average Bonchev–Trinajstić information content (AvgIpc) is 3.03. The third-order valence-electron chi connectivity index (χ3n) is 3.57. The summed E-state index contributed by atoms with van der Waals surface area (Å²) in [5.41, 5.74) is 2.75. The van der Waals surface area contributed by atoms with Crippen LogP contribution in [0.15, 0.2) is 59.0 Å². The molecule has 5 nitrogen and oxygen atoms in total. The molecule has 0 atom stereocenters. The summed E-state index contributed by atoms with van der Waals surface area (Å²) in [6.07, 6.45) is 0. The van der Waals surface area contributed by atoms with Gasteiger partial charge in [-0.3, -0.25) is 4.79 Å². The van der Waals surface area contributed by atoms with Crippen LogP contribution >= 0.6 is 0 Å². The Hall–Kier alpha value is -3.08. The van der Waals surface area contributed by atoms with Crippen molar-refractivity contribution in [2.75, 3.05) is 6.61 Å². The number of rotatable bonds is 5. The number of esters is 1. The summed E-state index contributed by atoms with van der Waals surface area (Å²) in [6, 6.07) is 16.7. The third kappa shape index (κ3) is 3.81. The minimum Gasteiger partial charge on any atom is -0.450 e. The van der Waals surface area contributed by atoms with E-state index in [-0.39, 0.29) is 18.3 Å². The van der Waals surface area contributed by atoms with Crippen molar-refractivity contribution >= 4 is 22.8 Å². The van der Waals surface area contributed by atoms with Gasteiger partial charge in [0.2, 0.25) is 5.76 Å². The molecule has 2 aromatic carbocycles. The van der Waals surface area contributed by atoms with Crippen molar-refractivity contribution in [1.29, 1.82) is 0 Å². The Morgan fingerprint density at radius 1 is 1.08 bits per heavy atom. The predicted molar refractivity (Wildman–Crippen MR) is 89.5 cm³/mol. The maximum absolute atomic E-state index is 11.9. The van der Waals surface area contributed by atoms with Crippen molar-refractivity contribution in [3.05, 3.63) is 71.5 Å². The molecule has 5 heteroatoms. The minimum absolute atomic E-state index is 0.0857. The van der Waals surface area contributed by atoms with Crippen LogP contribution in [0, 0.1) is 6.92 Å². The highest BCUT2D eigenvalue weighted by molar-refractivity contribution is 5.93. The van der Waals surface area contributed by atoms with Crippen LogP contribution in [0.1, 0.15) is 21.7 Å². The fraction of sp³-hybridized carbons (Fsp3) is 0.158. The fourth-order valence-electron chi connectivity index (χ4n) is 2.24. The van der Waals surface area contributed by atoms with E-state index in [4.69, 9.17) is 9.15 Å². The number of amides is 1. The summed E-state index contributed by atoms with van der Waals surface area (Å²) in [5, 5.41) is 3.52. The normalized spacial score (nSPS) is 10.5. The predicted octanol–water partition coefficient (Wildman–Crippen LogP) is 3.21. The Labute approximate surface area is 139 Å². The molecule has 0 bridgehead atoms. The highest BCUT2D eigenvalue weighted by Crippen LogP contribution is 2.19. The molecule has 0 aliphatic carbocycles. The zero-order valence-electron chi connectivity index (χ0n) is 13.2. The summed E-state index contributed by atoms with van der Waals surface area (Å²) in [6.45, 7) is 2.04. The van der Waals surface area contributed by atoms with Crippen LogP contribution in [-0.4, -0.2) is 18.5 Å². The van der Waals surface area contributed by atoms with E-state index in [2.05, 4.69) is 5.32 Å². The minimum atomic E-state index is -0.656. The first-order valence-electron chi connectivity index (χ1n) is 7.60. The molecule has 0 saturated heterocycles. The second-order valence-corrected chi connectivity index (χ2v) is 5.49. The summed E-state index contributed by atoms with van der Waals surface area (Å²) >= 11 is 0. The summed E-state index contributed by atoms with van der Waals surface area (Å²) in [5.74, 6) is -0.931. The molecular formula is C19H17NO4. The topological polar surface area (TPSA) is 68.5 Å². The van der Waals surface area contributed by atoms with Gasteiger partial charge in [-0.1, -0.05) is 48.0 Å². The maximum Gasteiger partial charge on any atom is 0.374 e. The van der Waals surface area contributed by atoms with Crippen molar-refractivity contribution in [3.8, 4) is 0 Å². The molecule has 3 aromatic rings. The Kier molecular flexibility index (Phi) is 4.61. The quantitative estimate of drug-likeness (QED) is 0.732. The van der Waals surface area contributed by atoms with Gasteiger partial charge in [-0.25, -0.2) is 4.79 Å². The molecule has 0 aliphatic heterocycles. The number of furan rings is 1. The highest BCUT2D eigenvalue weighted by Gasteiger charge is 2.15. The van der Waals surface area contributed by atoms with Crippen LogP contribution < -0.4 is 5.32 Å². The van der Waals surface area contributed by atoms with E-state index in [1.54, 1.807) is 12.1 Å². The Bertz CT molecular complexity index is 831. The monoisotopic (exact) mass is 323 g/mol. The van der Waals surface area contributed by atoms with Gasteiger partial charge in [0.15, 0.2) is 6.61 Å². The number of hydrogen-bond acceptors (Lipinski definition) is 4. The summed E-state index contributed by atoms with van der Waals surface area (Å²) in [7, 11) is 0. The van der Waals surface area contributed by atoms with E-state index in [0.717, 1.165) is 16.5 Å². The number of fused-ring (bicyclic) bond motifs is 1. The average molecular weight is 323 g/mol. The largest absolute Gasteiger partial charge is 0.450 e. The van der Waals surface area contributed by atoms with Crippen LogP contribution in [0.2, 0.25) is 0 Å². The molecule has 1 heterocycles. The lowest BCUT2D eigenvalue weighted by atomic mass is 10.1. The SMILES string of the molecule is Cc1ccc(CNC(=O)COC(=O)c2cc3ccccc3o2)cc1. The standard InChI is InChI=1S/C19H17NO4/c1-13-6-8-14(9-7-13)11-20-18(21)12-23-19(22)17-10-15-4-2-3-5-16(15)24-17/h2-10H,11-12H2,1H3,(H,20,21). The summed E-state index contributed by atoms with van der Waals surface area (Å²) < 4.78 is 10.4. The van der Waals surface area contributed by atoms with Gasteiger partial charge in [0, 0.05) is 11.9 Å². The zero-order chi connectivity index (χ0) is 16.9. The second kappa shape index (κ2) is 7.00. The number of para-hydroxylation sites is 1. The van der Waals surface area contributed by atoms with Crippen molar-refractivity contribution in [3.63, 3.8) is 0 Å². The van der Waals surface area contributed by atoms with Crippen LogP contribution in [0.3, 0.4) is 0 Å². The van der Waals surface area contributed by atoms with E-state index < -0.39 is 5.97 Å². The lowest BCUT2D eigenvalue weighted by Gasteiger charge is -2.06. The van der Waals surface area contributed by atoms with Gasteiger partial charge in [-0.15, -0.1) is 0 Å². The molecule has 0 radical (unpaired) electrons. The highest BCUT2D eigenvalue weighted by atomic mass is 16.5. The summed E-state index contributed by atoms with van der Waals surface area (Å²) in [4.78, 5) is 23.7. The second-order valence-electron chi connectivity index (χ2n) is 5.49. The lowest BCUT2D eigenvalue weighted by molar-refractivity contribution is -0.124. The molecule has 1 N–H and O–H groups in total. The smallest absolute Gasteiger partial charge is 0.374 e. The molecule has 1 amide bonds. The molecule has 0 spiro atoms. The number of nitrogens with one attached hydrogen (secondary N) is 1. The number of aryl methyl sites for hydroxylation is 1. The van der Waals surface area contributed by atoms with Gasteiger partial charge < -0.3 is 14.5 Å². The number of benzene rings is 2. The van der Waals surface area contributed by atoms with Gasteiger partial charge in [0.05, 0.1) is 0 Å². The molecule has 0 aliphatic rings.